The molecule has 67 heavy (non-hydrogen) atoms. The van der Waals surface area contributed by atoms with Crippen LogP contribution in [-0.2, 0) is 68.6 Å². The van der Waals surface area contributed by atoms with Gasteiger partial charge in [0.2, 0.25) is 47.3 Å². The summed E-state index contributed by atoms with van der Waals surface area (Å²) in [4.78, 5) is 152. The molecule has 0 saturated carbocycles. The summed E-state index contributed by atoms with van der Waals surface area (Å²) in [6.07, 6.45) is -4.67. The lowest BCUT2D eigenvalue weighted by molar-refractivity contribution is -0.157. The van der Waals surface area contributed by atoms with Crippen LogP contribution in [0.25, 0.3) is 10.9 Å². The van der Waals surface area contributed by atoms with E-state index in [9.17, 15) is 63.0 Å². The average molecular weight is 958 g/mol. The van der Waals surface area contributed by atoms with Crippen LogP contribution in [0, 0.1) is 5.92 Å². The zero-order valence-electron chi connectivity index (χ0n) is 37.1. The fraction of sp³-hybridized carbons (Fsp3) is 0.548. The number of nitrogens with zero attached hydrogens (tertiary/aromatic N) is 1. The third-order valence-corrected chi connectivity index (χ3v) is 12.5. The number of amides is 8. The van der Waals surface area contributed by atoms with Gasteiger partial charge in [0.05, 0.1) is 30.6 Å². The number of carbonyl (C=O) groups excluding carboxylic acids is 10. The van der Waals surface area contributed by atoms with Gasteiger partial charge in [-0.1, -0.05) is 38.5 Å². The molecule has 4 heterocycles. The van der Waals surface area contributed by atoms with Crippen molar-refractivity contribution < 1.29 is 72.4 Å². The molecule has 25 heteroatoms. The van der Waals surface area contributed by atoms with Crippen molar-refractivity contribution in [2.24, 2.45) is 5.92 Å². The Hall–Kier alpha value is -6.76. The monoisotopic (exact) mass is 957 g/mol. The summed E-state index contributed by atoms with van der Waals surface area (Å²) >= 11 is 0.981. The quantitative estimate of drug-likeness (QED) is 0.111. The summed E-state index contributed by atoms with van der Waals surface area (Å²) in [5.74, 6) is -11.6. The van der Waals surface area contributed by atoms with E-state index in [2.05, 4.69) is 42.2 Å². The largest absolute Gasteiger partial charge is 0.481 e. The molecule has 0 spiro atoms. The molecule has 1 saturated heterocycles. The summed E-state index contributed by atoms with van der Waals surface area (Å²) in [6, 6.07) is -2.67. The smallest absolute Gasteiger partial charge is 0.305 e. The van der Waals surface area contributed by atoms with E-state index in [0.29, 0.717) is 27.9 Å². The van der Waals surface area contributed by atoms with Crippen molar-refractivity contribution in [3.05, 3.63) is 29.8 Å². The summed E-state index contributed by atoms with van der Waals surface area (Å²) < 4.78 is 10.4. The molecule has 5 rings (SSSR count). The Morgan fingerprint density at radius 2 is 1.49 bits per heavy atom. The fourth-order valence-corrected chi connectivity index (χ4v) is 8.90. The SMILES string of the molecule is CC[C@H](C)[C@@H]1NC(=O)CNC(=O)[C@H]2Cc3c([nH]c4ccccc34)SCC(NC(=O)CNC1=O)C(=O)NC(CC(=O)O)C(=O)N1C[C@H](O)C[C@H]1C(=O)N[C@@H](C[C@@H](COC(C)=O)OC(C)=O)C(=O)N2. The van der Waals surface area contributed by atoms with E-state index >= 15 is 0 Å². The molecule has 1 aromatic carbocycles. The van der Waals surface area contributed by atoms with E-state index in [-0.39, 0.29) is 12.2 Å². The number of carboxylic acid groups (broad SMARTS) is 1. The van der Waals surface area contributed by atoms with E-state index in [1.54, 1.807) is 38.1 Å². The Bertz CT molecular complexity index is 2270. The number of aromatic nitrogens is 1. The Kier molecular flexibility index (Phi) is 17.7. The molecular formula is C42H55N9O15S. The molecule has 2 unspecified atom stereocenters. The molecule has 2 bridgehead atoms. The van der Waals surface area contributed by atoms with Crippen LogP contribution in [0.4, 0.5) is 0 Å². The van der Waals surface area contributed by atoms with Crippen LogP contribution in [0.15, 0.2) is 29.3 Å². The van der Waals surface area contributed by atoms with Crippen LogP contribution >= 0.6 is 11.8 Å². The second kappa shape index (κ2) is 23.1. The van der Waals surface area contributed by atoms with Gasteiger partial charge in [-0.3, -0.25) is 52.7 Å². The first-order valence-corrected chi connectivity index (χ1v) is 22.5. The normalized spacial score (nSPS) is 25.9. The van der Waals surface area contributed by atoms with Gasteiger partial charge in [-0.25, -0.2) is 0 Å². The number of aliphatic hydroxyl groups is 1. The number of nitrogens with one attached hydrogen (secondary N) is 8. The number of para-hydroxylation sites is 1. The van der Waals surface area contributed by atoms with Gasteiger partial charge in [-0.15, -0.1) is 11.8 Å². The van der Waals surface area contributed by atoms with Crippen LogP contribution in [0.3, 0.4) is 0 Å². The third-order valence-electron chi connectivity index (χ3n) is 11.3. The highest BCUT2D eigenvalue weighted by atomic mass is 32.2. The van der Waals surface area contributed by atoms with Gasteiger partial charge >= 0.3 is 17.9 Å². The van der Waals surface area contributed by atoms with Crippen LogP contribution in [-0.4, -0.2) is 166 Å². The molecule has 1 fully saturated rings. The molecule has 1 aromatic heterocycles. The highest BCUT2D eigenvalue weighted by molar-refractivity contribution is 7.99. The number of fused-ring (bicyclic) bond motifs is 5. The number of carboxylic acids is 1. The minimum Gasteiger partial charge on any atom is -0.481 e. The van der Waals surface area contributed by atoms with Crippen LogP contribution in [0.2, 0.25) is 0 Å². The van der Waals surface area contributed by atoms with Gasteiger partial charge in [-0.2, -0.15) is 0 Å². The first-order chi connectivity index (χ1) is 31.7. The fourth-order valence-electron chi connectivity index (χ4n) is 7.79. The number of esters is 2. The van der Waals surface area contributed by atoms with Crippen molar-refractivity contribution >= 4 is 87.8 Å². The van der Waals surface area contributed by atoms with Gasteiger partial charge in [0.25, 0.3) is 0 Å². The Morgan fingerprint density at radius 1 is 0.821 bits per heavy atom. The number of aromatic amines is 1. The molecule has 0 aliphatic carbocycles. The molecule has 364 valence electrons. The lowest BCUT2D eigenvalue weighted by Crippen LogP contribution is -2.60. The van der Waals surface area contributed by atoms with Gasteiger partial charge in [0.15, 0.2) is 0 Å². The van der Waals surface area contributed by atoms with Crippen LogP contribution in [0.5, 0.6) is 0 Å². The predicted molar refractivity (Wildman–Crippen MR) is 233 cm³/mol. The Morgan fingerprint density at radius 3 is 2.16 bits per heavy atom. The third kappa shape index (κ3) is 13.9. The van der Waals surface area contributed by atoms with E-state index in [0.717, 1.165) is 30.5 Å². The number of rotatable bonds is 9. The number of aliphatic hydroxyl groups excluding tert-OH is 1. The maximum Gasteiger partial charge on any atom is 0.305 e. The number of H-pyrrole nitrogens is 1. The highest BCUT2D eigenvalue weighted by Gasteiger charge is 2.44. The summed E-state index contributed by atoms with van der Waals surface area (Å²) in [6.45, 7) is 3.08. The molecule has 10 N–H and O–H groups in total. The molecule has 3 aliphatic heterocycles. The first kappa shape index (κ1) is 51.2. The molecule has 0 radical (unpaired) electrons. The number of benzene rings is 1. The van der Waals surface area contributed by atoms with Crippen molar-refractivity contribution in [3.8, 4) is 0 Å². The number of ether oxygens (including phenoxy) is 2. The summed E-state index contributed by atoms with van der Waals surface area (Å²) in [5, 5.41) is 39.1. The van der Waals surface area contributed by atoms with Gasteiger partial charge in [0.1, 0.15) is 49.0 Å². The minimum atomic E-state index is -1.88. The van der Waals surface area contributed by atoms with Crippen molar-refractivity contribution in [1.29, 1.82) is 0 Å². The first-order valence-electron chi connectivity index (χ1n) is 21.5. The van der Waals surface area contributed by atoms with Crippen molar-refractivity contribution in [1.82, 2.24) is 47.1 Å². The topological polar surface area (TPSA) is 350 Å². The second-order valence-corrected chi connectivity index (χ2v) is 17.5. The lowest BCUT2D eigenvalue weighted by Gasteiger charge is -2.31. The molecule has 3 aliphatic rings. The molecule has 8 amide bonds. The standard InChI is InChI=1S/C42H55N9O15S/c1-5-19(2)35-40(63)44-14-32(55)45-30-18-67-41-25(24-8-6-7-9-26(24)49-41)12-28(36(59)43-15-33(56)50-35)46-37(60)27(11-23(66-21(4)53)17-65-20(3)52)47-39(62)31-10-22(54)16-51(31)42(64)29(13-34(57)58)48-38(30)61/h6-9,19,22-23,27-31,35,49,54H,5,10-18H2,1-4H3,(H,43,59)(H,44,63)(H,45,55)(H,46,60)(H,47,62)(H,48,61)(H,50,56)(H,57,58)/t19-,22+,23-,27-,28+,29?,30?,31-,35-/m0/s1. The van der Waals surface area contributed by atoms with Crippen molar-refractivity contribution in [3.63, 3.8) is 0 Å². The van der Waals surface area contributed by atoms with Gasteiger partial charge < -0.3 is 66.8 Å². The van der Waals surface area contributed by atoms with Crippen molar-refractivity contribution in [2.45, 2.75) is 113 Å². The number of hydrogen-bond acceptors (Lipinski definition) is 15. The van der Waals surface area contributed by atoms with Crippen LogP contribution < -0.4 is 37.2 Å². The zero-order valence-corrected chi connectivity index (χ0v) is 38.0. The Labute approximate surface area is 387 Å². The zero-order chi connectivity index (χ0) is 49.1. The number of aliphatic carboxylic acids is 1. The number of thioether (sulfide) groups is 1. The van der Waals surface area contributed by atoms with E-state index < -0.39 is 165 Å². The predicted octanol–water partition coefficient (Wildman–Crippen LogP) is -3.15. The van der Waals surface area contributed by atoms with Crippen molar-refractivity contribution in [2.75, 3.05) is 32.0 Å². The maximum absolute atomic E-state index is 14.6. The lowest BCUT2D eigenvalue weighted by atomic mass is 9.98. The second-order valence-electron chi connectivity index (χ2n) is 16.4. The number of carbonyl (C=O) groups is 11. The highest BCUT2D eigenvalue weighted by Crippen LogP contribution is 2.32. The van der Waals surface area contributed by atoms with Crippen LogP contribution in [0.1, 0.15) is 58.9 Å². The summed E-state index contributed by atoms with van der Waals surface area (Å²) in [7, 11) is 0. The molecule has 2 aromatic rings. The minimum absolute atomic E-state index is 0.302. The molecule has 24 nitrogen and oxygen atoms in total. The summed E-state index contributed by atoms with van der Waals surface area (Å²) in [5.41, 5.74) is 0.949. The van der Waals surface area contributed by atoms with E-state index in [1.807, 2.05) is 0 Å². The Balaban J connectivity index is 1.69. The van der Waals surface area contributed by atoms with Gasteiger partial charge in [-0.05, 0) is 17.5 Å². The molecule has 9 atom stereocenters. The van der Waals surface area contributed by atoms with E-state index in [4.69, 9.17) is 9.47 Å². The van der Waals surface area contributed by atoms with Gasteiger partial charge in [0, 0.05) is 56.3 Å². The maximum atomic E-state index is 14.6. The average Bonchev–Trinajstić information content (AvgIpc) is 3.84. The van der Waals surface area contributed by atoms with E-state index in [1.165, 1.54) is 0 Å². The number of hydrogen-bond donors (Lipinski definition) is 10. The molecular weight excluding hydrogens is 903 g/mol.